The third-order valence-corrected chi connectivity index (χ3v) is 7.26. The second-order valence-corrected chi connectivity index (χ2v) is 10.1. The molecule has 0 heterocycles. The van der Waals surface area contributed by atoms with Crippen LogP contribution in [0.5, 0.6) is 0 Å². The summed E-state index contributed by atoms with van der Waals surface area (Å²) in [5, 5.41) is 15.8. The third-order valence-electron chi connectivity index (χ3n) is 2.59. The van der Waals surface area contributed by atoms with E-state index in [1.165, 1.54) is 0 Å². The summed E-state index contributed by atoms with van der Waals surface area (Å²) in [5.74, 6) is 5.66. The maximum absolute atomic E-state index is 12.7. The van der Waals surface area contributed by atoms with Crippen molar-refractivity contribution in [3.05, 3.63) is 0 Å². The summed E-state index contributed by atoms with van der Waals surface area (Å²) in [6.45, 7) is -0.368. The Kier molecular flexibility index (Phi) is 26.4. The van der Waals surface area contributed by atoms with Gasteiger partial charge >= 0.3 is 15.6 Å². The molecule has 0 saturated heterocycles. The van der Waals surface area contributed by atoms with E-state index in [1.54, 1.807) is 0 Å². The van der Waals surface area contributed by atoms with Crippen molar-refractivity contribution in [2.45, 2.75) is 25.7 Å². The topological polar surface area (TPSA) is 121 Å². The van der Waals surface area contributed by atoms with Gasteiger partial charge in [-0.25, -0.2) is 9.13 Å². The summed E-state index contributed by atoms with van der Waals surface area (Å²) in [6, 6.07) is 0. The lowest BCUT2D eigenvalue weighted by Crippen LogP contribution is -2.07. The van der Waals surface area contributed by atoms with Crippen LogP contribution in [0.4, 0.5) is 0 Å². The molecule has 0 aliphatic carbocycles. The number of aliphatic hydroxyl groups is 2. The standard InChI is InChI=1S/C12H24Cl4O7P2.C4H6O2/c13-5-1-9-19-24(17,20-10-2-6-14)23-25(18,21-11-3-7-15)22-12-4-8-16;5-3-1-2-4-6/h1-12H2;5-6H,3-4H2. The van der Waals surface area contributed by atoms with Gasteiger partial charge in [0.1, 0.15) is 13.2 Å². The van der Waals surface area contributed by atoms with E-state index in [0.29, 0.717) is 25.7 Å². The minimum atomic E-state index is -4.19. The Morgan fingerprint density at radius 2 is 0.839 bits per heavy atom. The van der Waals surface area contributed by atoms with Crippen LogP contribution in [0.2, 0.25) is 0 Å². The van der Waals surface area contributed by atoms with Crippen LogP contribution < -0.4 is 0 Å². The summed E-state index contributed by atoms with van der Waals surface area (Å²) in [6.07, 6.45) is 1.60. The first-order chi connectivity index (χ1) is 14.9. The quantitative estimate of drug-likeness (QED) is 0.104. The normalized spacial score (nSPS) is 11.4. The molecule has 0 rings (SSSR count). The molecule has 0 amide bonds. The Labute approximate surface area is 204 Å². The van der Waals surface area contributed by atoms with Crippen LogP contribution in [0, 0.1) is 11.8 Å². The Balaban J connectivity index is 0. The van der Waals surface area contributed by atoms with Gasteiger partial charge in [-0.05, 0) is 25.7 Å². The number of hydrogen-bond donors (Lipinski definition) is 2. The first kappa shape index (κ1) is 34.1. The van der Waals surface area contributed by atoms with Crippen molar-refractivity contribution >= 4 is 62.0 Å². The first-order valence-electron chi connectivity index (χ1n) is 9.27. The van der Waals surface area contributed by atoms with E-state index in [0.717, 1.165) is 0 Å². The van der Waals surface area contributed by atoms with Gasteiger partial charge in [0.2, 0.25) is 0 Å². The van der Waals surface area contributed by atoms with Gasteiger partial charge in [0.15, 0.2) is 0 Å². The zero-order chi connectivity index (χ0) is 23.8. The van der Waals surface area contributed by atoms with Crippen molar-refractivity contribution < 1.29 is 41.7 Å². The van der Waals surface area contributed by atoms with Crippen LogP contribution >= 0.6 is 62.0 Å². The van der Waals surface area contributed by atoms with Gasteiger partial charge in [-0.3, -0.25) is 18.1 Å². The highest BCUT2D eigenvalue weighted by atomic mass is 35.5. The molecule has 0 unspecified atom stereocenters. The molecule has 0 aromatic heterocycles. The predicted octanol–water partition coefficient (Wildman–Crippen LogP) is 4.78. The molecule has 2 N–H and O–H groups in total. The molecular weight excluding hydrogens is 540 g/mol. The summed E-state index contributed by atoms with van der Waals surface area (Å²) >= 11 is 22.2. The second kappa shape index (κ2) is 24.0. The molecule has 0 spiro atoms. The lowest BCUT2D eigenvalue weighted by Gasteiger charge is -2.23. The van der Waals surface area contributed by atoms with Crippen molar-refractivity contribution in [1.82, 2.24) is 0 Å². The Morgan fingerprint density at radius 1 is 0.581 bits per heavy atom. The van der Waals surface area contributed by atoms with Crippen molar-refractivity contribution in [2.75, 3.05) is 63.2 Å². The van der Waals surface area contributed by atoms with Gasteiger partial charge in [-0.1, -0.05) is 11.8 Å². The summed E-state index contributed by atoms with van der Waals surface area (Å²) in [7, 11) is -8.39. The minimum Gasteiger partial charge on any atom is -0.384 e. The first-order valence-corrected chi connectivity index (χ1v) is 14.3. The van der Waals surface area contributed by atoms with E-state index >= 15 is 0 Å². The summed E-state index contributed by atoms with van der Waals surface area (Å²) in [4.78, 5) is 0. The van der Waals surface area contributed by atoms with E-state index in [2.05, 4.69) is 11.8 Å². The Hall–Kier alpha value is 0.900. The monoisotopic (exact) mass is 568 g/mol. The molecular formula is C16H30Cl4O9P2. The van der Waals surface area contributed by atoms with Gasteiger partial charge in [0, 0.05) is 23.5 Å². The number of hydrogen-bond acceptors (Lipinski definition) is 9. The lowest BCUT2D eigenvalue weighted by atomic mass is 10.5. The highest BCUT2D eigenvalue weighted by Crippen LogP contribution is 2.66. The zero-order valence-electron chi connectivity index (χ0n) is 17.1. The summed E-state index contributed by atoms with van der Waals surface area (Å²) in [5.41, 5.74) is 0. The van der Waals surface area contributed by atoms with E-state index in [9.17, 15) is 9.13 Å². The largest absolute Gasteiger partial charge is 0.483 e. The zero-order valence-corrected chi connectivity index (χ0v) is 21.9. The minimum absolute atomic E-state index is 0.00892. The van der Waals surface area contributed by atoms with E-state index in [4.69, 9.17) is 79.0 Å². The average molecular weight is 570 g/mol. The van der Waals surface area contributed by atoms with Crippen LogP contribution in [-0.2, 0) is 31.5 Å². The maximum Gasteiger partial charge on any atom is 0.483 e. The Bertz CT molecular complexity index is 489. The van der Waals surface area contributed by atoms with Crippen molar-refractivity contribution in [1.29, 1.82) is 0 Å². The van der Waals surface area contributed by atoms with Gasteiger partial charge < -0.3 is 10.2 Å². The molecule has 0 aromatic carbocycles. The number of aliphatic hydroxyl groups excluding tert-OH is 2. The molecule has 0 aliphatic rings. The van der Waals surface area contributed by atoms with Crippen molar-refractivity contribution in [3.8, 4) is 11.8 Å². The molecule has 0 bridgehead atoms. The van der Waals surface area contributed by atoms with Gasteiger partial charge in [0.25, 0.3) is 0 Å². The molecule has 0 radical (unpaired) electrons. The van der Waals surface area contributed by atoms with Crippen LogP contribution in [0.25, 0.3) is 0 Å². The summed E-state index contributed by atoms with van der Waals surface area (Å²) < 4.78 is 51.0. The van der Waals surface area contributed by atoms with Crippen LogP contribution in [0.15, 0.2) is 0 Å². The fourth-order valence-corrected chi connectivity index (χ4v) is 5.06. The second-order valence-electron chi connectivity index (χ2n) is 5.15. The molecule has 0 aliphatic heterocycles. The van der Waals surface area contributed by atoms with Crippen LogP contribution in [-0.4, -0.2) is 73.4 Å². The van der Waals surface area contributed by atoms with Crippen LogP contribution in [0.1, 0.15) is 25.7 Å². The van der Waals surface area contributed by atoms with Gasteiger partial charge in [-0.15, -0.1) is 46.4 Å². The molecule has 0 atom stereocenters. The average Bonchev–Trinajstić information content (AvgIpc) is 2.73. The maximum atomic E-state index is 12.7. The molecule has 31 heavy (non-hydrogen) atoms. The highest BCUT2D eigenvalue weighted by molar-refractivity contribution is 7.62. The predicted molar refractivity (Wildman–Crippen MR) is 123 cm³/mol. The molecule has 0 aromatic rings. The molecule has 9 nitrogen and oxygen atoms in total. The number of phosphoric ester groups is 2. The third kappa shape index (κ3) is 22.5. The van der Waals surface area contributed by atoms with Crippen molar-refractivity contribution in [2.24, 2.45) is 0 Å². The number of phosphoric acid groups is 2. The fraction of sp³-hybridized carbons (Fsp3) is 0.875. The highest BCUT2D eigenvalue weighted by Gasteiger charge is 2.40. The smallest absolute Gasteiger partial charge is 0.384 e. The Morgan fingerprint density at radius 3 is 1.03 bits per heavy atom. The number of halogens is 4. The van der Waals surface area contributed by atoms with Crippen LogP contribution in [0.3, 0.4) is 0 Å². The molecule has 186 valence electrons. The molecule has 15 heteroatoms. The van der Waals surface area contributed by atoms with Gasteiger partial charge in [0.05, 0.1) is 26.4 Å². The molecule has 0 saturated carbocycles. The number of rotatable bonds is 18. The van der Waals surface area contributed by atoms with Gasteiger partial charge in [-0.2, -0.15) is 4.31 Å². The lowest BCUT2D eigenvalue weighted by molar-refractivity contribution is 0.109. The SMILES string of the molecule is O=P(OCCCCl)(OCCCCl)OP(=O)(OCCCCl)OCCCCl.OCC#CCO. The van der Waals surface area contributed by atoms with E-state index in [-0.39, 0.29) is 63.2 Å². The van der Waals surface area contributed by atoms with E-state index < -0.39 is 15.6 Å². The van der Waals surface area contributed by atoms with E-state index in [1.807, 2.05) is 0 Å². The van der Waals surface area contributed by atoms with Crippen molar-refractivity contribution in [3.63, 3.8) is 0 Å². The fourth-order valence-electron chi connectivity index (χ4n) is 1.33. The molecule has 0 fully saturated rings. The number of alkyl halides is 4.